The summed E-state index contributed by atoms with van der Waals surface area (Å²) in [7, 11) is 0. The van der Waals surface area contributed by atoms with Crippen molar-refractivity contribution in [3.05, 3.63) is 59.4 Å². The van der Waals surface area contributed by atoms with Gasteiger partial charge in [-0.1, -0.05) is 12.1 Å². The summed E-state index contributed by atoms with van der Waals surface area (Å²) in [5.41, 5.74) is 1.24. The van der Waals surface area contributed by atoms with E-state index in [1.807, 2.05) is 19.9 Å². The zero-order valence-corrected chi connectivity index (χ0v) is 15.0. The van der Waals surface area contributed by atoms with E-state index in [-0.39, 0.29) is 17.8 Å². The molecule has 0 aromatic heterocycles. The van der Waals surface area contributed by atoms with E-state index in [4.69, 9.17) is 14.7 Å². The third-order valence-electron chi connectivity index (χ3n) is 3.77. The fourth-order valence-corrected chi connectivity index (χ4v) is 2.35. The molecule has 0 spiro atoms. The van der Waals surface area contributed by atoms with Gasteiger partial charge < -0.3 is 14.8 Å². The van der Waals surface area contributed by atoms with Gasteiger partial charge in [0.15, 0.2) is 17.6 Å². The van der Waals surface area contributed by atoms with E-state index in [0.717, 1.165) is 5.56 Å². The van der Waals surface area contributed by atoms with Crippen molar-refractivity contribution in [1.29, 1.82) is 5.26 Å². The maximum Gasteiger partial charge on any atom is 0.261 e. The fraction of sp³-hybridized carbons (Fsp3) is 0.300. The minimum Gasteiger partial charge on any atom is -0.490 e. The summed E-state index contributed by atoms with van der Waals surface area (Å²) in [4.78, 5) is 12.4. The minimum atomic E-state index is -0.773. The van der Waals surface area contributed by atoms with E-state index < -0.39 is 6.10 Å². The molecule has 26 heavy (non-hydrogen) atoms. The average Bonchev–Trinajstić information content (AvgIpc) is 2.63. The van der Waals surface area contributed by atoms with Crippen LogP contribution in [0.2, 0.25) is 0 Å². The number of halogens is 1. The first-order valence-electron chi connectivity index (χ1n) is 8.34. The number of rotatable bonds is 7. The van der Waals surface area contributed by atoms with Gasteiger partial charge in [-0.2, -0.15) is 5.26 Å². The number of carbonyl (C=O) groups excluding carboxylic acids is 1. The van der Waals surface area contributed by atoms with Crippen molar-refractivity contribution in [2.24, 2.45) is 0 Å². The number of nitrogens with zero attached hydrogens (tertiary/aromatic N) is 1. The van der Waals surface area contributed by atoms with E-state index in [0.29, 0.717) is 23.7 Å². The van der Waals surface area contributed by atoms with Gasteiger partial charge in [0.2, 0.25) is 0 Å². The Bertz CT molecular complexity index is 800. The van der Waals surface area contributed by atoms with Crippen molar-refractivity contribution in [1.82, 2.24) is 5.32 Å². The molecule has 0 unspecified atom stereocenters. The molecule has 0 fully saturated rings. The van der Waals surface area contributed by atoms with Crippen molar-refractivity contribution in [2.75, 3.05) is 6.61 Å². The van der Waals surface area contributed by atoms with Crippen molar-refractivity contribution >= 4 is 5.91 Å². The minimum absolute atomic E-state index is 0.290. The van der Waals surface area contributed by atoms with Crippen molar-refractivity contribution in [2.45, 2.75) is 32.9 Å². The van der Waals surface area contributed by atoms with Gasteiger partial charge in [-0.15, -0.1) is 0 Å². The third-order valence-corrected chi connectivity index (χ3v) is 3.77. The summed E-state index contributed by atoms with van der Waals surface area (Å²) >= 11 is 0. The molecule has 0 bridgehead atoms. The lowest BCUT2D eigenvalue weighted by atomic mass is 10.1. The normalized spacial score (nSPS) is 12.6. The molecular formula is C20H21FN2O3. The Kier molecular flexibility index (Phi) is 6.56. The second-order valence-electron chi connectivity index (χ2n) is 5.75. The largest absolute Gasteiger partial charge is 0.490 e. The van der Waals surface area contributed by atoms with Gasteiger partial charge in [-0.25, -0.2) is 4.39 Å². The number of nitriles is 1. The van der Waals surface area contributed by atoms with Gasteiger partial charge in [-0.05, 0) is 50.6 Å². The van der Waals surface area contributed by atoms with Crippen LogP contribution in [0.25, 0.3) is 0 Å². The van der Waals surface area contributed by atoms with Gasteiger partial charge in [-0.3, -0.25) is 4.79 Å². The Labute approximate surface area is 152 Å². The third kappa shape index (κ3) is 4.96. The summed E-state index contributed by atoms with van der Waals surface area (Å²) in [5.74, 6) is 0.169. The van der Waals surface area contributed by atoms with Crippen LogP contribution in [0.4, 0.5) is 4.39 Å². The molecule has 0 aliphatic heterocycles. The number of hydrogen-bond donors (Lipinski definition) is 1. The zero-order chi connectivity index (χ0) is 19.1. The molecule has 1 amide bonds. The molecular weight excluding hydrogens is 335 g/mol. The molecule has 136 valence electrons. The second kappa shape index (κ2) is 8.86. The van der Waals surface area contributed by atoms with Crippen molar-refractivity contribution in [3.63, 3.8) is 0 Å². The highest BCUT2D eigenvalue weighted by molar-refractivity contribution is 5.81. The highest BCUT2D eigenvalue weighted by Gasteiger charge is 2.19. The summed E-state index contributed by atoms with van der Waals surface area (Å²) in [6.07, 6.45) is -0.773. The maximum atomic E-state index is 13.0. The summed E-state index contributed by atoms with van der Waals surface area (Å²) in [6, 6.07) is 12.5. The van der Waals surface area contributed by atoms with Crippen LogP contribution < -0.4 is 14.8 Å². The van der Waals surface area contributed by atoms with E-state index in [1.54, 1.807) is 37.3 Å². The smallest absolute Gasteiger partial charge is 0.261 e. The van der Waals surface area contributed by atoms with Crippen LogP contribution in [-0.2, 0) is 4.79 Å². The van der Waals surface area contributed by atoms with Crippen LogP contribution in [0, 0.1) is 17.1 Å². The number of carbonyl (C=O) groups is 1. The predicted molar refractivity (Wildman–Crippen MR) is 95.4 cm³/mol. The Morgan fingerprint density at radius 2 is 1.88 bits per heavy atom. The number of amides is 1. The molecule has 2 aromatic rings. The van der Waals surface area contributed by atoms with Crippen molar-refractivity contribution in [3.8, 4) is 17.6 Å². The lowest BCUT2D eigenvalue weighted by Gasteiger charge is -2.20. The first-order valence-corrected chi connectivity index (χ1v) is 8.34. The quantitative estimate of drug-likeness (QED) is 0.820. The van der Waals surface area contributed by atoms with E-state index in [9.17, 15) is 9.18 Å². The molecule has 0 saturated heterocycles. The molecule has 5 nitrogen and oxygen atoms in total. The van der Waals surface area contributed by atoms with E-state index in [2.05, 4.69) is 5.32 Å². The van der Waals surface area contributed by atoms with E-state index >= 15 is 0 Å². The molecule has 0 heterocycles. The zero-order valence-electron chi connectivity index (χ0n) is 15.0. The Balaban J connectivity index is 2.04. The van der Waals surface area contributed by atoms with Gasteiger partial charge in [0.1, 0.15) is 5.82 Å². The van der Waals surface area contributed by atoms with Crippen LogP contribution >= 0.6 is 0 Å². The van der Waals surface area contributed by atoms with Crippen LogP contribution in [-0.4, -0.2) is 18.6 Å². The lowest BCUT2D eigenvalue weighted by molar-refractivity contribution is -0.127. The lowest BCUT2D eigenvalue weighted by Crippen LogP contribution is -2.37. The molecule has 2 aromatic carbocycles. The maximum absolute atomic E-state index is 13.0. The Hall–Kier alpha value is -3.07. The number of ether oxygens (including phenoxy) is 2. The monoisotopic (exact) mass is 356 g/mol. The summed E-state index contributed by atoms with van der Waals surface area (Å²) in [6.45, 7) is 5.67. The molecule has 0 saturated carbocycles. The molecule has 0 aliphatic carbocycles. The SMILES string of the molecule is CCOc1cc(C#N)ccc1O[C@@H](C)C(=O)N[C@@H](C)c1ccc(F)cc1. The standard InChI is InChI=1S/C20H21FN2O3/c1-4-25-19-11-15(12-22)5-10-18(19)26-14(3)20(24)23-13(2)16-6-8-17(21)9-7-16/h5-11,13-14H,4H2,1-3H3,(H,23,24)/t13-,14-/m0/s1. The molecule has 1 N–H and O–H groups in total. The van der Waals surface area contributed by atoms with Gasteiger partial charge in [0.05, 0.1) is 24.3 Å². The number of benzene rings is 2. The Morgan fingerprint density at radius 1 is 1.19 bits per heavy atom. The number of nitrogens with one attached hydrogen (secondary N) is 1. The van der Waals surface area contributed by atoms with Gasteiger partial charge >= 0.3 is 0 Å². The van der Waals surface area contributed by atoms with Crippen LogP contribution in [0.3, 0.4) is 0 Å². The average molecular weight is 356 g/mol. The van der Waals surface area contributed by atoms with Gasteiger partial charge in [0, 0.05) is 6.07 Å². The first-order chi connectivity index (χ1) is 12.4. The predicted octanol–water partition coefficient (Wildman–Crippen LogP) is 3.74. The van der Waals surface area contributed by atoms with Crippen LogP contribution in [0.15, 0.2) is 42.5 Å². The van der Waals surface area contributed by atoms with Crippen LogP contribution in [0.1, 0.15) is 37.9 Å². The number of hydrogen-bond acceptors (Lipinski definition) is 4. The highest BCUT2D eigenvalue weighted by atomic mass is 19.1. The van der Waals surface area contributed by atoms with E-state index in [1.165, 1.54) is 12.1 Å². The molecule has 2 atom stereocenters. The molecule has 6 heteroatoms. The van der Waals surface area contributed by atoms with Gasteiger partial charge in [0.25, 0.3) is 5.91 Å². The van der Waals surface area contributed by atoms with Crippen LogP contribution in [0.5, 0.6) is 11.5 Å². The van der Waals surface area contributed by atoms with Crippen molar-refractivity contribution < 1.29 is 18.7 Å². The first kappa shape index (κ1) is 19.3. The fourth-order valence-electron chi connectivity index (χ4n) is 2.35. The highest BCUT2D eigenvalue weighted by Crippen LogP contribution is 2.29. The summed E-state index contributed by atoms with van der Waals surface area (Å²) in [5, 5.41) is 11.8. The molecule has 2 rings (SSSR count). The summed E-state index contributed by atoms with van der Waals surface area (Å²) < 4.78 is 24.2. The topological polar surface area (TPSA) is 71.3 Å². The second-order valence-corrected chi connectivity index (χ2v) is 5.75. The molecule has 0 aliphatic rings. The molecule has 0 radical (unpaired) electrons. The Morgan fingerprint density at radius 3 is 2.50 bits per heavy atom.